The molecule has 0 fully saturated rings. The quantitative estimate of drug-likeness (QED) is 0.383. The van der Waals surface area contributed by atoms with Crippen molar-refractivity contribution in [3.8, 4) is 11.3 Å². The molecule has 0 atom stereocenters. The molecule has 29 heavy (non-hydrogen) atoms. The molecule has 0 aliphatic carbocycles. The summed E-state index contributed by atoms with van der Waals surface area (Å²) < 4.78 is 10.2. The van der Waals surface area contributed by atoms with Crippen LogP contribution in [0.4, 0.5) is 11.4 Å². The highest BCUT2D eigenvalue weighted by Gasteiger charge is 2.23. The average molecular weight is 395 g/mol. The normalized spacial score (nSPS) is 10.4. The lowest BCUT2D eigenvalue weighted by molar-refractivity contribution is -0.384. The van der Waals surface area contributed by atoms with Gasteiger partial charge in [0.1, 0.15) is 17.0 Å². The standard InChI is InChI=1S/C20H17N3O6/c1-12-10-15(23(26)27)8-9-16(12)21-17(24)11-28-20(25)18-13(2)29-22-19(18)14-6-4-3-5-7-14/h3-10H,11H2,1-2H3,(H,21,24). The van der Waals surface area contributed by atoms with E-state index in [1.165, 1.54) is 18.2 Å². The topological polar surface area (TPSA) is 125 Å². The minimum atomic E-state index is -0.738. The number of carbonyl (C=O) groups excluding carboxylic acids is 2. The summed E-state index contributed by atoms with van der Waals surface area (Å²) >= 11 is 0. The number of rotatable bonds is 6. The summed E-state index contributed by atoms with van der Waals surface area (Å²) in [6.45, 7) is 2.67. The molecule has 1 N–H and O–H groups in total. The van der Waals surface area contributed by atoms with Crippen LogP contribution in [-0.2, 0) is 9.53 Å². The first kappa shape index (κ1) is 19.7. The van der Waals surface area contributed by atoms with Crippen molar-refractivity contribution in [2.24, 2.45) is 0 Å². The number of anilines is 1. The third-order valence-electron chi connectivity index (χ3n) is 4.14. The van der Waals surface area contributed by atoms with E-state index in [4.69, 9.17) is 9.26 Å². The van der Waals surface area contributed by atoms with Crippen LogP contribution in [0.15, 0.2) is 53.1 Å². The number of esters is 1. The molecule has 2 aromatic carbocycles. The molecule has 0 radical (unpaired) electrons. The molecule has 148 valence electrons. The first-order chi connectivity index (χ1) is 13.9. The minimum Gasteiger partial charge on any atom is -0.452 e. The number of carbonyl (C=O) groups is 2. The molecule has 9 heteroatoms. The van der Waals surface area contributed by atoms with Gasteiger partial charge in [-0.25, -0.2) is 4.79 Å². The molecule has 0 spiro atoms. The van der Waals surface area contributed by atoms with Crippen molar-refractivity contribution in [1.29, 1.82) is 0 Å². The summed E-state index contributed by atoms with van der Waals surface area (Å²) in [7, 11) is 0. The van der Waals surface area contributed by atoms with E-state index in [-0.39, 0.29) is 17.0 Å². The second-order valence-corrected chi connectivity index (χ2v) is 6.21. The molecule has 1 aromatic heterocycles. The van der Waals surface area contributed by atoms with Gasteiger partial charge in [-0.05, 0) is 25.5 Å². The number of nitro groups is 1. The third kappa shape index (κ3) is 4.46. The second kappa shape index (κ2) is 8.34. The van der Waals surface area contributed by atoms with Gasteiger partial charge in [0.2, 0.25) is 0 Å². The highest BCUT2D eigenvalue weighted by Crippen LogP contribution is 2.26. The fraction of sp³-hybridized carbons (Fsp3) is 0.150. The van der Waals surface area contributed by atoms with Crippen molar-refractivity contribution in [1.82, 2.24) is 5.16 Å². The number of nitrogens with one attached hydrogen (secondary N) is 1. The van der Waals surface area contributed by atoms with Crippen LogP contribution >= 0.6 is 0 Å². The maximum atomic E-state index is 12.5. The van der Waals surface area contributed by atoms with Gasteiger partial charge in [-0.1, -0.05) is 35.5 Å². The number of hydrogen-bond acceptors (Lipinski definition) is 7. The van der Waals surface area contributed by atoms with Crippen molar-refractivity contribution in [3.63, 3.8) is 0 Å². The predicted octanol–water partition coefficient (Wildman–Crippen LogP) is 3.66. The SMILES string of the molecule is Cc1cc([N+](=O)[O-])ccc1NC(=O)COC(=O)c1c(-c2ccccc2)noc1C. The molecule has 0 aliphatic rings. The Balaban J connectivity index is 1.67. The van der Waals surface area contributed by atoms with E-state index in [9.17, 15) is 19.7 Å². The predicted molar refractivity (Wildman–Crippen MR) is 103 cm³/mol. The Morgan fingerprint density at radius 3 is 2.55 bits per heavy atom. The molecule has 0 unspecified atom stereocenters. The average Bonchev–Trinajstić information content (AvgIpc) is 3.09. The molecule has 9 nitrogen and oxygen atoms in total. The van der Waals surface area contributed by atoms with E-state index >= 15 is 0 Å². The molecule has 0 saturated carbocycles. The monoisotopic (exact) mass is 395 g/mol. The summed E-state index contributed by atoms with van der Waals surface area (Å²) in [6, 6.07) is 13.0. The number of aryl methyl sites for hydroxylation is 2. The van der Waals surface area contributed by atoms with Crippen molar-refractivity contribution in [3.05, 3.63) is 75.5 Å². The zero-order valence-electron chi connectivity index (χ0n) is 15.7. The van der Waals surface area contributed by atoms with Crippen LogP contribution in [0.5, 0.6) is 0 Å². The smallest absolute Gasteiger partial charge is 0.344 e. The van der Waals surface area contributed by atoms with Gasteiger partial charge in [0.25, 0.3) is 11.6 Å². The van der Waals surface area contributed by atoms with Crippen LogP contribution in [0, 0.1) is 24.0 Å². The maximum absolute atomic E-state index is 12.5. The van der Waals surface area contributed by atoms with E-state index in [1.807, 2.05) is 6.07 Å². The number of non-ortho nitro benzene ring substituents is 1. The third-order valence-corrected chi connectivity index (χ3v) is 4.14. The van der Waals surface area contributed by atoms with Crippen LogP contribution in [0.25, 0.3) is 11.3 Å². The van der Waals surface area contributed by atoms with Gasteiger partial charge >= 0.3 is 5.97 Å². The molecule has 0 saturated heterocycles. The van der Waals surface area contributed by atoms with E-state index < -0.39 is 23.4 Å². The number of nitrogens with zero attached hydrogens (tertiary/aromatic N) is 2. The zero-order valence-corrected chi connectivity index (χ0v) is 15.7. The number of benzene rings is 2. The van der Waals surface area contributed by atoms with Crippen LogP contribution < -0.4 is 5.32 Å². The first-order valence-corrected chi connectivity index (χ1v) is 8.60. The van der Waals surface area contributed by atoms with E-state index in [0.29, 0.717) is 22.5 Å². The Kier molecular flexibility index (Phi) is 5.68. The fourth-order valence-electron chi connectivity index (χ4n) is 2.70. The molecular formula is C20H17N3O6. The number of aromatic nitrogens is 1. The maximum Gasteiger partial charge on any atom is 0.344 e. The lowest BCUT2D eigenvalue weighted by Gasteiger charge is -2.09. The molecule has 1 amide bonds. The summed E-state index contributed by atoms with van der Waals surface area (Å²) in [5.74, 6) is -1.04. The van der Waals surface area contributed by atoms with Gasteiger partial charge in [0.15, 0.2) is 6.61 Å². The number of amides is 1. The van der Waals surface area contributed by atoms with Crippen molar-refractivity contribution >= 4 is 23.3 Å². The van der Waals surface area contributed by atoms with Gasteiger partial charge in [-0.3, -0.25) is 14.9 Å². The fourth-order valence-corrected chi connectivity index (χ4v) is 2.70. The molecule has 0 aliphatic heterocycles. The minimum absolute atomic E-state index is 0.0803. The largest absolute Gasteiger partial charge is 0.452 e. The summed E-state index contributed by atoms with van der Waals surface area (Å²) in [5, 5.41) is 17.2. The van der Waals surface area contributed by atoms with E-state index in [2.05, 4.69) is 10.5 Å². The van der Waals surface area contributed by atoms with Crippen molar-refractivity contribution in [2.75, 3.05) is 11.9 Å². The Morgan fingerprint density at radius 1 is 1.17 bits per heavy atom. The Labute approximate surface area is 165 Å². The van der Waals surface area contributed by atoms with Gasteiger partial charge in [0, 0.05) is 23.4 Å². The van der Waals surface area contributed by atoms with Crippen LogP contribution in [0.1, 0.15) is 21.7 Å². The van der Waals surface area contributed by atoms with Crippen LogP contribution in [-0.4, -0.2) is 28.6 Å². The highest BCUT2D eigenvalue weighted by molar-refractivity contribution is 5.99. The second-order valence-electron chi connectivity index (χ2n) is 6.21. The van der Waals surface area contributed by atoms with Gasteiger partial charge in [-0.2, -0.15) is 0 Å². The molecule has 3 rings (SSSR count). The van der Waals surface area contributed by atoms with E-state index in [1.54, 1.807) is 38.1 Å². The number of nitro benzene ring substituents is 1. The first-order valence-electron chi connectivity index (χ1n) is 8.60. The zero-order chi connectivity index (χ0) is 21.0. The Hall–Kier alpha value is -4.01. The highest BCUT2D eigenvalue weighted by atomic mass is 16.6. The Morgan fingerprint density at radius 2 is 1.90 bits per heavy atom. The number of hydrogen-bond donors (Lipinski definition) is 1. The molecule has 1 heterocycles. The van der Waals surface area contributed by atoms with Crippen molar-refractivity contribution < 1.29 is 23.8 Å². The van der Waals surface area contributed by atoms with E-state index in [0.717, 1.165) is 0 Å². The van der Waals surface area contributed by atoms with Gasteiger partial charge in [-0.15, -0.1) is 0 Å². The number of ether oxygens (including phenoxy) is 1. The summed E-state index contributed by atoms with van der Waals surface area (Å²) in [6.07, 6.45) is 0. The summed E-state index contributed by atoms with van der Waals surface area (Å²) in [5.41, 5.74) is 1.99. The van der Waals surface area contributed by atoms with Crippen molar-refractivity contribution in [2.45, 2.75) is 13.8 Å². The lowest BCUT2D eigenvalue weighted by atomic mass is 10.1. The molecule has 3 aromatic rings. The summed E-state index contributed by atoms with van der Waals surface area (Å²) in [4.78, 5) is 34.9. The Bertz CT molecular complexity index is 1080. The van der Waals surface area contributed by atoms with Crippen LogP contribution in [0.2, 0.25) is 0 Å². The molecule has 0 bridgehead atoms. The molecular weight excluding hydrogens is 378 g/mol. The van der Waals surface area contributed by atoms with Gasteiger partial charge in [0.05, 0.1) is 4.92 Å². The lowest BCUT2D eigenvalue weighted by Crippen LogP contribution is -2.21. The van der Waals surface area contributed by atoms with Gasteiger partial charge < -0.3 is 14.6 Å². The van der Waals surface area contributed by atoms with Crippen LogP contribution in [0.3, 0.4) is 0 Å².